The Morgan fingerprint density at radius 3 is 2.33 bits per heavy atom. The van der Waals surface area contributed by atoms with E-state index in [0.29, 0.717) is 12.0 Å². The zero-order valence-electron chi connectivity index (χ0n) is 13.5. The molecule has 0 bridgehead atoms. The van der Waals surface area contributed by atoms with E-state index in [4.69, 9.17) is 4.74 Å². The molecule has 0 amide bonds. The largest absolute Gasteiger partial charge is 0.364 e. The number of nitrogens with one attached hydrogen (secondary N) is 1. The van der Waals surface area contributed by atoms with Crippen molar-refractivity contribution in [2.75, 3.05) is 6.54 Å². The highest BCUT2D eigenvalue weighted by Gasteiger charge is 2.42. The number of hydrogen-bond donors (Lipinski definition) is 1. The average Bonchev–Trinajstić information content (AvgIpc) is 2.73. The summed E-state index contributed by atoms with van der Waals surface area (Å²) in [6.45, 7) is 5.61. The Balaban J connectivity index is 1.84. The van der Waals surface area contributed by atoms with Gasteiger partial charge in [0.05, 0.1) is 11.7 Å². The van der Waals surface area contributed by atoms with E-state index in [2.05, 4.69) is 49.5 Å². The quantitative estimate of drug-likeness (QED) is 0.867. The van der Waals surface area contributed by atoms with Crippen LogP contribution in [0.25, 0.3) is 0 Å². The van der Waals surface area contributed by atoms with Gasteiger partial charge in [0, 0.05) is 12.6 Å². The second kappa shape index (κ2) is 6.50. The molecule has 1 aliphatic carbocycles. The van der Waals surface area contributed by atoms with Gasteiger partial charge in [-0.05, 0) is 24.3 Å². The zero-order valence-corrected chi connectivity index (χ0v) is 13.5. The highest BCUT2D eigenvalue weighted by molar-refractivity contribution is 5.21. The maximum absolute atomic E-state index is 6.79. The van der Waals surface area contributed by atoms with Crippen LogP contribution in [0.1, 0.15) is 64.0 Å². The topological polar surface area (TPSA) is 21.3 Å². The summed E-state index contributed by atoms with van der Waals surface area (Å²) in [5, 5.41) is 3.83. The van der Waals surface area contributed by atoms with E-state index in [1.54, 1.807) is 0 Å². The third kappa shape index (κ3) is 3.32. The molecule has 1 aliphatic heterocycles. The predicted molar refractivity (Wildman–Crippen MR) is 87.3 cm³/mol. The molecule has 2 aliphatic rings. The molecule has 0 radical (unpaired) electrons. The number of hydrogen-bond acceptors (Lipinski definition) is 2. The van der Waals surface area contributed by atoms with Crippen LogP contribution in [0.15, 0.2) is 30.3 Å². The van der Waals surface area contributed by atoms with Gasteiger partial charge in [-0.3, -0.25) is 0 Å². The van der Waals surface area contributed by atoms with E-state index in [1.165, 1.54) is 44.1 Å². The molecular formula is C19H29NO. The van der Waals surface area contributed by atoms with Crippen LogP contribution in [0.5, 0.6) is 0 Å². The molecular weight excluding hydrogens is 258 g/mol. The fraction of sp³-hybridized carbons (Fsp3) is 0.684. The summed E-state index contributed by atoms with van der Waals surface area (Å²) >= 11 is 0. The minimum Gasteiger partial charge on any atom is -0.364 e. The van der Waals surface area contributed by atoms with Crippen LogP contribution in [0.2, 0.25) is 0 Å². The van der Waals surface area contributed by atoms with Crippen LogP contribution in [0, 0.1) is 5.92 Å². The van der Waals surface area contributed by atoms with Gasteiger partial charge in [-0.1, -0.05) is 69.9 Å². The molecule has 1 saturated carbocycles. The van der Waals surface area contributed by atoms with Crippen molar-refractivity contribution in [2.24, 2.45) is 5.92 Å². The standard InChI is InChI=1S/C19H29NO/c1-15(2)17-18(16-10-6-5-7-11-16)21-19(14-20-17)12-8-3-4-9-13-19/h5-7,10-11,15,17-18,20H,3-4,8-9,12-14H2,1-2H3. The minimum atomic E-state index is 0.0718. The number of morpholine rings is 1. The molecule has 1 spiro atoms. The molecule has 21 heavy (non-hydrogen) atoms. The van der Waals surface area contributed by atoms with Crippen molar-refractivity contribution in [3.05, 3.63) is 35.9 Å². The molecule has 2 atom stereocenters. The first-order chi connectivity index (χ1) is 10.2. The summed E-state index contributed by atoms with van der Waals surface area (Å²) in [5.41, 5.74) is 1.40. The fourth-order valence-corrected chi connectivity index (χ4v) is 3.97. The normalized spacial score (nSPS) is 29.5. The molecule has 3 rings (SSSR count). The highest BCUT2D eigenvalue weighted by Crippen LogP contribution is 2.40. The van der Waals surface area contributed by atoms with Gasteiger partial charge in [0.2, 0.25) is 0 Å². The first-order valence-electron chi connectivity index (χ1n) is 8.66. The Labute approximate surface area is 129 Å². The molecule has 2 nitrogen and oxygen atoms in total. The summed E-state index contributed by atoms with van der Waals surface area (Å²) in [5.74, 6) is 0.582. The van der Waals surface area contributed by atoms with Crippen molar-refractivity contribution >= 4 is 0 Å². The van der Waals surface area contributed by atoms with Crippen molar-refractivity contribution in [1.82, 2.24) is 5.32 Å². The fourth-order valence-electron chi connectivity index (χ4n) is 3.97. The Hall–Kier alpha value is -0.860. The lowest BCUT2D eigenvalue weighted by atomic mass is 9.85. The first-order valence-corrected chi connectivity index (χ1v) is 8.66. The number of benzene rings is 1. The number of rotatable bonds is 2. The smallest absolute Gasteiger partial charge is 0.0988 e. The van der Waals surface area contributed by atoms with Gasteiger partial charge < -0.3 is 10.1 Å². The lowest BCUT2D eigenvalue weighted by molar-refractivity contribution is -0.151. The molecule has 116 valence electrons. The van der Waals surface area contributed by atoms with Crippen LogP contribution in [-0.2, 0) is 4.74 Å². The summed E-state index contributed by atoms with van der Waals surface area (Å²) in [7, 11) is 0. The molecule has 1 aromatic rings. The monoisotopic (exact) mass is 287 g/mol. The van der Waals surface area contributed by atoms with Crippen molar-refractivity contribution in [1.29, 1.82) is 0 Å². The Bertz CT molecular complexity index is 434. The molecule has 1 heterocycles. The Morgan fingerprint density at radius 2 is 1.71 bits per heavy atom. The summed E-state index contributed by atoms with van der Waals surface area (Å²) in [6, 6.07) is 11.2. The molecule has 0 aromatic heterocycles. The minimum absolute atomic E-state index is 0.0718. The summed E-state index contributed by atoms with van der Waals surface area (Å²) in [4.78, 5) is 0. The maximum atomic E-state index is 6.79. The van der Waals surface area contributed by atoms with Crippen molar-refractivity contribution < 1.29 is 4.74 Å². The van der Waals surface area contributed by atoms with E-state index in [1.807, 2.05) is 0 Å². The number of ether oxygens (including phenoxy) is 1. The maximum Gasteiger partial charge on any atom is 0.0988 e. The zero-order chi connectivity index (χ0) is 14.7. The van der Waals surface area contributed by atoms with Gasteiger partial charge in [-0.25, -0.2) is 0 Å². The van der Waals surface area contributed by atoms with Gasteiger partial charge in [0.15, 0.2) is 0 Å². The van der Waals surface area contributed by atoms with Crippen LogP contribution in [0.3, 0.4) is 0 Å². The molecule has 2 heteroatoms. The van der Waals surface area contributed by atoms with E-state index in [0.717, 1.165) is 6.54 Å². The average molecular weight is 287 g/mol. The Kier molecular flexibility index (Phi) is 4.66. The van der Waals surface area contributed by atoms with E-state index < -0.39 is 0 Å². The van der Waals surface area contributed by atoms with Crippen molar-refractivity contribution in [2.45, 2.75) is 70.1 Å². The van der Waals surface area contributed by atoms with Crippen molar-refractivity contribution in [3.8, 4) is 0 Å². The van der Waals surface area contributed by atoms with E-state index >= 15 is 0 Å². The highest BCUT2D eigenvalue weighted by atomic mass is 16.5. The van der Waals surface area contributed by atoms with Crippen LogP contribution in [-0.4, -0.2) is 18.2 Å². The molecule has 2 unspecified atom stereocenters. The third-order valence-corrected chi connectivity index (χ3v) is 5.22. The van der Waals surface area contributed by atoms with Crippen LogP contribution >= 0.6 is 0 Å². The predicted octanol–water partition coefficient (Wildman–Crippen LogP) is 4.47. The third-order valence-electron chi connectivity index (χ3n) is 5.22. The van der Waals surface area contributed by atoms with Crippen LogP contribution < -0.4 is 5.32 Å². The molecule has 1 aromatic carbocycles. The SMILES string of the molecule is CC(C)C1NCC2(CCCCCC2)OC1c1ccccc1. The lowest BCUT2D eigenvalue weighted by Crippen LogP contribution is -2.57. The van der Waals surface area contributed by atoms with Gasteiger partial charge in [0.25, 0.3) is 0 Å². The lowest BCUT2D eigenvalue weighted by Gasteiger charge is -2.47. The summed E-state index contributed by atoms with van der Waals surface area (Å²) in [6.07, 6.45) is 8.00. The van der Waals surface area contributed by atoms with Gasteiger partial charge in [-0.2, -0.15) is 0 Å². The van der Waals surface area contributed by atoms with Crippen molar-refractivity contribution in [3.63, 3.8) is 0 Å². The second-order valence-electron chi connectivity index (χ2n) is 7.20. The van der Waals surface area contributed by atoms with E-state index in [9.17, 15) is 0 Å². The van der Waals surface area contributed by atoms with Gasteiger partial charge in [-0.15, -0.1) is 0 Å². The van der Waals surface area contributed by atoms with Gasteiger partial charge in [0.1, 0.15) is 0 Å². The molecule has 1 saturated heterocycles. The second-order valence-corrected chi connectivity index (χ2v) is 7.20. The Morgan fingerprint density at radius 1 is 1.05 bits per heavy atom. The first kappa shape index (κ1) is 15.1. The van der Waals surface area contributed by atoms with Crippen LogP contribution in [0.4, 0.5) is 0 Å². The molecule has 2 fully saturated rings. The molecule has 1 N–H and O–H groups in total. The van der Waals surface area contributed by atoms with Gasteiger partial charge >= 0.3 is 0 Å². The summed E-state index contributed by atoms with van der Waals surface area (Å²) < 4.78 is 6.79. The van der Waals surface area contributed by atoms with E-state index in [-0.39, 0.29) is 11.7 Å².